The molecule has 3 aromatic carbocycles. The summed E-state index contributed by atoms with van der Waals surface area (Å²) in [5, 5.41) is 7.71. The molecule has 0 saturated heterocycles. The summed E-state index contributed by atoms with van der Waals surface area (Å²) >= 11 is 1.74. The quantitative estimate of drug-likeness (QED) is 0.336. The molecule has 1 amide bonds. The van der Waals surface area contributed by atoms with E-state index >= 15 is 0 Å². The van der Waals surface area contributed by atoms with Crippen molar-refractivity contribution in [3.63, 3.8) is 0 Å². The van der Waals surface area contributed by atoms with Gasteiger partial charge in [0.15, 0.2) is 6.61 Å². The van der Waals surface area contributed by atoms with Crippen LogP contribution in [0.4, 0.5) is 11.4 Å². The van der Waals surface area contributed by atoms with Crippen LogP contribution in [0.2, 0.25) is 0 Å². The molecule has 4 rings (SSSR count). The van der Waals surface area contributed by atoms with E-state index in [0.717, 1.165) is 38.7 Å². The van der Waals surface area contributed by atoms with Crippen LogP contribution in [0.25, 0.3) is 0 Å². The lowest BCUT2D eigenvalue weighted by Crippen LogP contribution is -2.25. The lowest BCUT2D eigenvalue weighted by atomic mass is 10.1. The van der Waals surface area contributed by atoms with Gasteiger partial charge in [-0.1, -0.05) is 42.1 Å². The smallest absolute Gasteiger partial charge is 0.277 e. The molecule has 0 spiro atoms. The Morgan fingerprint density at radius 2 is 1.83 bits per heavy atom. The van der Waals surface area contributed by atoms with Crippen LogP contribution in [0.15, 0.2) is 75.6 Å². The van der Waals surface area contributed by atoms with E-state index in [0.29, 0.717) is 5.75 Å². The van der Waals surface area contributed by atoms with Gasteiger partial charge in [-0.3, -0.25) is 4.79 Å². The second-order valence-corrected chi connectivity index (χ2v) is 8.31. The maximum atomic E-state index is 12.2. The highest BCUT2D eigenvalue weighted by molar-refractivity contribution is 7.99. The minimum absolute atomic E-state index is 0.0831. The predicted octanol–water partition coefficient (Wildman–Crippen LogP) is 5.43. The number of amides is 1. The first kappa shape index (κ1) is 20.0. The number of rotatable bonds is 5. The largest absolute Gasteiger partial charge is 0.483 e. The van der Waals surface area contributed by atoms with Crippen molar-refractivity contribution in [3.05, 3.63) is 77.4 Å². The van der Waals surface area contributed by atoms with E-state index in [2.05, 4.69) is 40.1 Å². The summed E-state index contributed by atoms with van der Waals surface area (Å²) in [4.78, 5) is 14.5. The van der Waals surface area contributed by atoms with E-state index in [1.165, 1.54) is 4.90 Å². The van der Waals surface area contributed by atoms with Crippen molar-refractivity contribution in [2.24, 2.45) is 5.10 Å². The van der Waals surface area contributed by atoms with Crippen molar-refractivity contribution in [1.82, 2.24) is 5.43 Å². The minimum Gasteiger partial charge on any atom is -0.483 e. The van der Waals surface area contributed by atoms with Gasteiger partial charge in [-0.2, -0.15) is 5.10 Å². The van der Waals surface area contributed by atoms with Crippen molar-refractivity contribution in [2.45, 2.75) is 30.6 Å². The summed E-state index contributed by atoms with van der Waals surface area (Å²) < 4.78 is 5.63. The molecule has 0 aromatic heterocycles. The summed E-state index contributed by atoms with van der Waals surface area (Å²) in [7, 11) is 0. The van der Waals surface area contributed by atoms with Gasteiger partial charge in [0.25, 0.3) is 5.91 Å². The predicted molar refractivity (Wildman–Crippen MR) is 122 cm³/mol. The van der Waals surface area contributed by atoms with Crippen LogP contribution in [-0.4, -0.2) is 18.2 Å². The number of anilines is 2. The SMILES string of the molecule is CC(=NNC(=O)COc1cc(C)ccc1C)c1ccc2c(c1)Nc1ccccc1S2. The average molecular weight is 418 g/mol. The number of hydrazone groups is 1. The monoisotopic (exact) mass is 417 g/mol. The fraction of sp³-hybridized carbons (Fsp3) is 0.167. The van der Waals surface area contributed by atoms with Crippen LogP contribution < -0.4 is 15.5 Å². The van der Waals surface area contributed by atoms with Gasteiger partial charge in [-0.25, -0.2) is 5.43 Å². The Kier molecular flexibility index (Phi) is 5.77. The molecule has 30 heavy (non-hydrogen) atoms. The fourth-order valence-corrected chi connectivity index (χ4v) is 4.08. The Morgan fingerprint density at radius 1 is 1.03 bits per heavy atom. The average Bonchev–Trinajstić information content (AvgIpc) is 2.76. The lowest BCUT2D eigenvalue weighted by Gasteiger charge is -2.21. The molecule has 0 bridgehead atoms. The van der Waals surface area contributed by atoms with Gasteiger partial charge in [-0.05, 0) is 67.8 Å². The summed E-state index contributed by atoms with van der Waals surface area (Å²) in [6, 6.07) is 20.3. The molecule has 0 saturated carbocycles. The molecule has 5 nitrogen and oxygen atoms in total. The first-order valence-corrected chi connectivity index (χ1v) is 10.5. The van der Waals surface area contributed by atoms with Crippen molar-refractivity contribution in [3.8, 4) is 5.75 Å². The van der Waals surface area contributed by atoms with Crippen LogP contribution in [0.5, 0.6) is 5.75 Å². The van der Waals surface area contributed by atoms with Crippen molar-refractivity contribution < 1.29 is 9.53 Å². The van der Waals surface area contributed by atoms with Crippen molar-refractivity contribution in [2.75, 3.05) is 11.9 Å². The molecule has 1 heterocycles. The first-order chi connectivity index (χ1) is 14.5. The molecule has 3 aromatic rings. The molecule has 1 aliphatic heterocycles. The van der Waals surface area contributed by atoms with Gasteiger partial charge >= 0.3 is 0 Å². The normalized spacial score (nSPS) is 12.4. The second kappa shape index (κ2) is 8.63. The molecule has 0 fully saturated rings. The van der Waals surface area contributed by atoms with Crippen LogP contribution in [-0.2, 0) is 4.79 Å². The molecule has 2 N–H and O–H groups in total. The van der Waals surface area contributed by atoms with Gasteiger partial charge in [0, 0.05) is 9.79 Å². The number of ether oxygens (including phenoxy) is 1. The van der Waals surface area contributed by atoms with E-state index in [9.17, 15) is 4.79 Å². The number of nitrogens with one attached hydrogen (secondary N) is 2. The zero-order valence-electron chi connectivity index (χ0n) is 17.2. The molecule has 0 aliphatic carbocycles. The summed E-state index contributed by atoms with van der Waals surface area (Å²) in [6.45, 7) is 5.73. The van der Waals surface area contributed by atoms with Crippen molar-refractivity contribution >= 4 is 34.8 Å². The van der Waals surface area contributed by atoms with Crippen molar-refractivity contribution in [1.29, 1.82) is 0 Å². The molecule has 0 atom stereocenters. The zero-order valence-corrected chi connectivity index (χ0v) is 18.0. The number of hydrogen-bond donors (Lipinski definition) is 2. The van der Waals surface area contributed by atoms with E-state index < -0.39 is 0 Å². The molecule has 6 heteroatoms. The van der Waals surface area contributed by atoms with E-state index in [1.54, 1.807) is 11.8 Å². The number of benzene rings is 3. The third-order valence-corrected chi connectivity index (χ3v) is 5.98. The molecule has 0 unspecified atom stereocenters. The van der Waals surface area contributed by atoms with Crippen LogP contribution in [0.3, 0.4) is 0 Å². The summed E-state index contributed by atoms with van der Waals surface area (Å²) in [6.07, 6.45) is 0. The molecule has 1 aliphatic rings. The Balaban J connectivity index is 1.39. The highest BCUT2D eigenvalue weighted by Gasteiger charge is 2.16. The number of fused-ring (bicyclic) bond motifs is 2. The number of nitrogens with zero attached hydrogens (tertiary/aromatic N) is 1. The maximum absolute atomic E-state index is 12.2. The Bertz CT molecular complexity index is 1140. The number of carbonyl (C=O) groups is 1. The molecule has 152 valence electrons. The lowest BCUT2D eigenvalue weighted by molar-refractivity contribution is -0.123. The van der Waals surface area contributed by atoms with E-state index in [-0.39, 0.29) is 12.5 Å². The summed E-state index contributed by atoms with van der Waals surface area (Å²) in [5.41, 5.74) is 8.46. The standard InChI is InChI=1S/C24H23N3O2S/c1-15-8-9-16(2)21(12-15)29-14-24(28)27-26-17(3)18-10-11-23-20(13-18)25-19-6-4-5-7-22(19)30-23/h4-13,25H,14H2,1-3H3,(H,27,28). The van der Waals surface area contributed by atoms with Crippen LogP contribution in [0.1, 0.15) is 23.6 Å². The Labute approximate surface area is 180 Å². The molecular formula is C24H23N3O2S. The zero-order chi connectivity index (χ0) is 21.1. The minimum atomic E-state index is -0.296. The maximum Gasteiger partial charge on any atom is 0.277 e. The Hall–Kier alpha value is -3.25. The number of para-hydroxylation sites is 1. The summed E-state index contributed by atoms with van der Waals surface area (Å²) in [5.74, 6) is 0.417. The molecule has 0 radical (unpaired) electrons. The topological polar surface area (TPSA) is 62.7 Å². The highest BCUT2D eigenvalue weighted by atomic mass is 32.2. The Morgan fingerprint density at radius 3 is 2.70 bits per heavy atom. The van der Waals surface area contributed by atoms with Gasteiger partial charge in [0.1, 0.15) is 5.75 Å². The highest BCUT2D eigenvalue weighted by Crippen LogP contribution is 2.44. The third kappa shape index (κ3) is 4.49. The van der Waals surface area contributed by atoms with Gasteiger partial charge in [0.2, 0.25) is 0 Å². The fourth-order valence-electron chi connectivity index (χ4n) is 3.11. The van der Waals surface area contributed by atoms with Gasteiger partial charge < -0.3 is 10.1 Å². The number of hydrogen-bond acceptors (Lipinski definition) is 5. The molecular weight excluding hydrogens is 394 g/mol. The van der Waals surface area contributed by atoms with Crippen LogP contribution >= 0.6 is 11.8 Å². The van der Waals surface area contributed by atoms with E-state index in [1.807, 2.05) is 57.2 Å². The first-order valence-electron chi connectivity index (χ1n) is 9.71. The second-order valence-electron chi connectivity index (χ2n) is 7.22. The third-order valence-electron chi connectivity index (χ3n) is 4.82. The van der Waals surface area contributed by atoms with E-state index in [4.69, 9.17) is 4.74 Å². The number of aryl methyl sites for hydroxylation is 2. The van der Waals surface area contributed by atoms with Gasteiger partial charge in [0.05, 0.1) is 17.1 Å². The van der Waals surface area contributed by atoms with Crippen LogP contribution in [0, 0.1) is 13.8 Å². The van der Waals surface area contributed by atoms with Gasteiger partial charge in [-0.15, -0.1) is 0 Å². The number of carbonyl (C=O) groups excluding carboxylic acids is 1.